The number of carboxylic acid groups (broad SMARTS) is 1. The van der Waals surface area contributed by atoms with E-state index in [1.54, 1.807) is 0 Å². The van der Waals surface area contributed by atoms with Crippen molar-refractivity contribution in [3.8, 4) is 0 Å². The zero-order valence-corrected chi connectivity index (χ0v) is 11.0. The predicted octanol–water partition coefficient (Wildman–Crippen LogP) is 3.14. The molecule has 2 atom stereocenters. The van der Waals surface area contributed by atoms with Crippen molar-refractivity contribution in [3.05, 3.63) is 29.8 Å². The summed E-state index contributed by atoms with van der Waals surface area (Å²) in [7, 11) is 0. The van der Waals surface area contributed by atoms with Crippen molar-refractivity contribution in [2.24, 2.45) is 11.8 Å². The molecule has 2 N–H and O–H groups in total. The van der Waals surface area contributed by atoms with Crippen molar-refractivity contribution >= 4 is 17.6 Å². The molecule has 0 saturated heterocycles. The molecular weight excluding hydrogens is 287 g/mol. The Bertz CT molecular complexity index is 557. The second-order valence-corrected chi connectivity index (χ2v) is 5.05. The highest BCUT2D eigenvalue weighted by molar-refractivity contribution is 5.95. The molecule has 114 valence electrons. The second kappa shape index (κ2) is 5.75. The Morgan fingerprint density at radius 2 is 1.86 bits per heavy atom. The topological polar surface area (TPSA) is 66.4 Å². The van der Waals surface area contributed by atoms with Gasteiger partial charge in [0.1, 0.15) is 0 Å². The summed E-state index contributed by atoms with van der Waals surface area (Å²) >= 11 is 0. The van der Waals surface area contributed by atoms with Gasteiger partial charge in [-0.1, -0.05) is 12.5 Å². The minimum absolute atomic E-state index is 0.0193. The molecule has 2 rings (SSSR count). The van der Waals surface area contributed by atoms with Crippen LogP contribution in [-0.4, -0.2) is 17.0 Å². The first-order valence-electron chi connectivity index (χ1n) is 6.50. The van der Waals surface area contributed by atoms with Crippen molar-refractivity contribution in [3.63, 3.8) is 0 Å². The summed E-state index contributed by atoms with van der Waals surface area (Å²) in [5.74, 6) is -3.05. The third kappa shape index (κ3) is 3.53. The number of alkyl halides is 3. The van der Waals surface area contributed by atoms with Gasteiger partial charge >= 0.3 is 12.1 Å². The van der Waals surface area contributed by atoms with Crippen LogP contribution < -0.4 is 5.32 Å². The molecule has 1 amide bonds. The molecule has 1 aromatic carbocycles. The third-order valence-electron chi connectivity index (χ3n) is 3.63. The smallest absolute Gasteiger partial charge is 0.416 e. The van der Waals surface area contributed by atoms with E-state index in [-0.39, 0.29) is 5.69 Å². The lowest BCUT2D eigenvalue weighted by molar-refractivity contribution is -0.145. The summed E-state index contributed by atoms with van der Waals surface area (Å²) in [5.41, 5.74) is -0.840. The van der Waals surface area contributed by atoms with E-state index in [0.29, 0.717) is 19.3 Å². The number of amides is 1. The first kappa shape index (κ1) is 15.3. The van der Waals surface area contributed by atoms with E-state index in [1.807, 2.05) is 0 Å². The molecule has 21 heavy (non-hydrogen) atoms. The number of anilines is 1. The number of rotatable bonds is 3. The number of benzene rings is 1. The number of aliphatic carboxylic acids is 1. The van der Waals surface area contributed by atoms with Gasteiger partial charge in [0.15, 0.2) is 0 Å². The average molecular weight is 301 g/mol. The molecular formula is C14H14F3NO3. The first-order valence-corrected chi connectivity index (χ1v) is 6.50. The Labute approximate surface area is 119 Å². The number of hydrogen-bond donors (Lipinski definition) is 2. The van der Waals surface area contributed by atoms with Crippen molar-refractivity contribution in [2.75, 3.05) is 5.32 Å². The molecule has 0 spiro atoms. The van der Waals surface area contributed by atoms with Gasteiger partial charge in [0, 0.05) is 5.69 Å². The molecule has 1 aromatic rings. The van der Waals surface area contributed by atoms with Gasteiger partial charge in [0.25, 0.3) is 0 Å². The molecule has 0 radical (unpaired) electrons. The van der Waals surface area contributed by atoms with E-state index >= 15 is 0 Å². The van der Waals surface area contributed by atoms with Crippen LogP contribution in [0.1, 0.15) is 24.8 Å². The number of nitrogens with one attached hydrogen (secondary N) is 1. The second-order valence-electron chi connectivity index (χ2n) is 5.05. The van der Waals surface area contributed by atoms with E-state index in [1.165, 1.54) is 12.1 Å². The molecule has 1 aliphatic carbocycles. The zero-order chi connectivity index (χ0) is 15.6. The monoisotopic (exact) mass is 301 g/mol. The Balaban J connectivity index is 2.11. The van der Waals surface area contributed by atoms with Crippen LogP contribution in [0, 0.1) is 11.8 Å². The van der Waals surface area contributed by atoms with Crippen molar-refractivity contribution in [1.29, 1.82) is 0 Å². The molecule has 1 fully saturated rings. The van der Waals surface area contributed by atoms with Crippen molar-refractivity contribution < 1.29 is 27.9 Å². The summed E-state index contributed by atoms with van der Waals surface area (Å²) in [4.78, 5) is 23.1. The molecule has 1 saturated carbocycles. The summed E-state index contributed by atoms with van der Waals surface area (Å²) in [6.07, 6.45) is -3.02. The van der Waals surface area contributed by atoms with Gasteiger partial charge in [-0.15, -0.1) is 0 Å². The van der Waals surface area contributed by atoms with E-state index in [0.717, 1.165) is 12.1 Å². The highest BCUT2D eigenvalue weighted by atomic mass is 19.4. The lowest BCUT2D eigenvalue weighted by Crippen LogP contribution is -2.30. The first-order chi connectivity index (χ1) is 9.79. The molecule has 0 heterocycles. The van der Waals surface area contributed by atoms with Gasteiger partial charge < -0.3 is 10.4 Å². The van der Waals surface area contributed by atoms with E-state index in [4.69, 9.17) is 5.11 Å². The zero-order valence-electron chi connectivity index (χ0n) is 11.0. The van der Waals surface area contributed by atoms with Gasteiger partial charge in [0.05, 0.1) is 17.4 Å². The van der Waals surface area contributed by atoms with Crippen LogP contribution in [0.4, 0.5) is 18.9 Å². The Morgan fingerprint density at radius 3 is 2.48 bits per heavy atom. The van der Waals surface area contributed by atoms with Crippen molar-refractivity contribution in [2.45, 2.75) is 25.4 Å². The number of carbonyl (C=O) groups is 2. The Morgan fingerprint density at radius 1 is 1.19 bits per heavy atom. The predicted molar refractivity (Wildman–Crippen MR) is 68.5 cm³/mol. The van der Waals surface area contributed by atoms with E-state index in [9.17, 15) is 22.8 Å². The van der Waals surface area contributed by atoms with Crippen LogP contribution in [0.3, 0.4) is 0 Å². The fraction of sp³-hybridized carbons (Fsp3) is 0.429. The number of carboxylic acids is 1. The maximum Gasteiger partial charge on any atom is 0.416 e. The van der Waals surface area contributed by atoms with Gasteiger partial charge in [-0.25, -0.2) is 0 Å². The average Bonchev–Trinajstić information content (AvgIpc) is 2.87. The van der Waals surface area contributed by atoms with Crippen LogP contribution in [-0.2, 0) is 15.8 Å². The number of halogens is 3. The maximum atomic E-state index is 12.6. The lowest BCUT2D eigenvalue weighted by Gasteiger charge is -2.16. The van der Waals surface area contributed by atoms with Crippen LogP contribution in [0.15, 0.2) is 24.3 Å². The minimum atomic E-state index is -4.49. The molecule has 0 aromatic heterocycles. The van der Waals surface area contributed by atoms with Crippen LogP contribution in [0.25, 0.3) is 0 Å². The highest BCUT2D eigenvalue weighted by Crippen LogP contribution is 2.34. The SMILES string of the molecule is O=C(O)[C@H]1CCC[C@H]1C(=O)Nc1cccc(C(F)(F)F)c1. The molecule has 1 aliphatic rings. The number of carbonyl (C=O) groups excluding carboxylic acids is 1. The van der Waals surface area contributed by atoms with Crippen LogP contribution in [0.2, 0.25) is 0 Å². The minimum Gasteiger partial charge on any atom is -0.481 e. The molecule has 0 unspecified atom stereocenters. The lowest BCUT2D eigenvalue weighted by atomic mass is 9.95. The van der Waals surface area contributed by atoms with Gasteiger partial charge in [0.2, 0.25) is 5.91 Å². The Kier molecular flexibility index (Phi) is 4.20. The van der Waals surface area contributed by atoms with Gasteiger partial charge in [-0.05, 0) is 31.0 Å². The van der Waals surface area contributed by atoms with Crippen molar-refractivity contribution in [1.82, 2.24) is 0 Å². The largest absolute Gasteiger partial charge is 0.481 e. The fourth-order valence-corrected chi connectivity index (χ4v) is 2.58. The van der Waals surface area contributed by atoms with Crippen LogP contribution in [0.5, 0.6) is 0 Å². The molecule has 0 aliphatic heterocycles. The quantitative estimate of drug-likeness (QED) is 0.901. The van der Waals surface area contributed by atoms with E-state index < -0.39 is 35.5 Å². The third-order valence-corrected chi connectivity index (χ3v) is 3.63. The highest BCUT2D eigenvalue weighted by Gasteiger charge is 2.38. The summed E-state index contributed by atoms with van der Waals surface area (Å²) in [5, 5.41) is 11.4. The normalized spacial score (nSPS) is 22.0. The van der Waals surface area contributed by atoms with E-state index in [2.05, 4.69) is 5.32 Å². The molecule has 7 heteroatoms. The molecule has 0 bridgehead atoms. The maximum absolute atomic E-state index is 12.6. The summed E-state index contributed by atoms with van der Waals surface area (Å²) < 4.78 is 37.8. The summed E-state index contributed by atoms with van der Waals surface area (Å²) in [6.45, 7) is 0. The molecule has 4 nitrogen and oxygen atoms in total. The summed E-state index contributed by atoms with van der Waals surface area (Å²) in [6, 6.07) is 4.29. The van der Waals surface area contributed by atoms with Gasteiger partial charge in [-0.2, -0.15) is 13.2 Å². The van der Waals surface area contributed by atoms with Crippen LogP contribution >= 0.6 is 0 Å². The van der Waals surface area contributed by atoms with Gasteiger partial charge in [-0.3, -0.25) is 9.59 Å². The number of hydrogen-bond acceptors (Lipinski definition) is 2. The standard InChI is InChI=1S/C14H14F3NO3/c15-14(16,17)8-3-1-4-9(7-8)18-12(19)10-5-2-6-11(10)13(20)21/h1,3-4,7,10-11H,2,5-6H2,(H,18,19)(H,20,21)/t10-,11+/m1/s1. The fourth-order valence-electron chi connectivity index (χ4n) is 2.58. The Hall–Kier alpha value is -2.05.